The Morgan fingerprint density at radius 2 is 2.00 bits per heavy atom. The molecule has 0 bridgehead atoms. The van der Waals surface area contributed by atoms with E-state index < -0.39 is 0 Å². The molecule has 1 aromatic rings. The van der Waals surface area contributed by atoms with Crippen molar-refractivity contribution in [3.05, 3.63) is 18.0 Å². The number of rotatable bonds is 6. The van der Waals surface area contributed by atoms with Crippen LogP contribution < -0.4 is 0 Å². The third kappa shape index (κ3) is 3.34. The molecule has 0 amide bonds. The SMILES string of the molecule is CCC(C)C(O)Cc1ccn(C(C)CC)n1. The Bertz CT molecular complexity index is 309. The third-order valence-electron chi connectivity index (χ3n) is 3.43. The smallest absolute Gasteiger partial charge is 0.0650 e. The number of aromatic nitrogens is 2. The lowest BCUT2D eigenvalue weighted by Crippen LogP contribution is -2.20. The summed E-state index contributed by atoms with van der Waals surface area (Å²) < 4.78 is 1.98. The van der Waals surface area contributed by atoms with Gasteiger partial charge in [0.25, 0.3) is 0 Å². The van der Waals surface area contributed by atoms with Crippen LogP contribution in [0.2, 0.25) is 0 Å². The molecule has 3 atom stereocenters. The van der Waals surface area contributed by atoms with E-state index >= 15 is 0 Å². The molecule has 0 spiro atoms. The van der Waals surface area contributed by atoms with Gasteiger partial charge in [-0.2, -0.15) is 5.10 Å². The summed E-state index contributed by atoms with van der Waals surface area (Å²) in [4.78, 5) is 0. The fourth-order valence-electron chi connectivity index (χ4n) is 1.61. The van der Waals surface area contributed by atoms with Crippen LogP contribution in [0.15, 0.2) is 12.3 Å². The van der Waals surface area contributed by atoms with Crippen LogP contribution in [-0.2, 0) is 6.42 Å². The van der Waals surface area contributed by atoms with Crippen molar-refractivity contribution in [1.82, 2.24) is 9.78 Å². The van der Waals surface area contributed by atoms with Crippen molar-refractivity contribution < 1.29 is 5.11 Å². The minimum Gasteiger partial charge on any atom is -0.392 e. The van der Waals surface area contributed by atoms with Crippen molar-refractivity contribution in [2.75, 3.05) is 0 Å². The molecule has 3 heteroatoms. The quantitative estimate of drug-likeness (QED) is 0.807. The highest BCUT2D eigenvalue weighted by Gasteiger charge is 2.14. The highest BCUT2D eigenvalue weighted by atomic mass is 16.3. The van der Waals surface area contributed by atoms with Crippen molar-refractivity contribution >= 4 is 0 Å². The van der Waals surface area contributed by atoms with Crippen molar-refractivity contribution in [3.8, 4) is 0 Å². The second kappa shape index (κ2) is 6.04. The van der Waals surface area contributed by atoms with Crippen LogP contribution in [0.25, 0.3) is 0 Å². The molecular formula is C13H24N2O. The highest BCUT2D eigenvalue weighted by molar-refractivity contribution is 5.01. The second-order valence-corrected chi connectivity index (χ2v) is 4.70. The average Bonchev–Trinajstić information content (AvgIpc) is 2.75. The van der Waals surface area contributed by atoms with Crippen LogP contribution in [0.5, 0.6) is 0 Å². The van der Waals surface area contributed by atoms with Gasteiger partial charge in [0.2, 0.25) is 0 Å². The lowest BCUT2D eigenvalue weighted by Gasteiger charge is -2.15. The number of hydrogen-bond donors (Lipinski definition) is 1. The summed E-state index contributed by atoms with van der Waals surface area (Å²) in [5.74, 6) is 0.341. The molecule has 0 aliphatic heterocycles. The molecule has 0 aromatic carbocycles. The van der Waals surface area contributed by atoms with E-state index in [1.54, 1.807) is 0 Å². The van der Waals surface area contributed by atoms with Gasteiger partial charge in [-0.1, -0.05) is 27.2 Å². The first kappa shape index (κ1) is 13.2. The predicted molar refractivity (Wildman–Crippen MR) is 66.4 cm³/mol. The van der Waals surface area contributed by atoms with Crippen LogP contribution in [0.4, 0.5) is 0 Å². The molecule has 3 unspecified atom stereocenters. The maximum Gasteiger partial charge on any atom is 0.0650 e. The Labute approximate surface area is 98.5 Å². The van der Waals surface area contributed by atoms with Gasteiger partial charge >= 0.3 is 0 Å². The molecule has 1 heterocycles. The Kier molecular flexibility index (Phi) is 5.00. The third-order valence-corrected chi connectivity index (χ3v) is 3.43. The minimum atomic E-state index is -0.273. The van der Waals surface area contributed by atoms with Crippen molar-refractivity contribution in [1.29, 1.82) is 0 Å². The van der Waals surface area contributed by atoms with Crippen LogP contribution in [-0.4, -0.2) is 21.0 Å². The standard InChI is InChI=1S/C13H24N2O/c1-5-10(3)13(16)9-12-7-8-15(14-12)11(4)6-2/h7-8,10-11,13,16H,5-6,9H2,1-4H3. The molecule has 0 radical (unpaired) electrons. The van der Waals surface area contributed by atoms with E-state index in [4.69, 9.17) is 0 Å². The number of aliphatic hydroxyl groups excluding tert-OH is 1. The summed E-state index contributed by atoms with van der Waals surface area (Å²) in [6, 6.07) is 2.45. The topological polar surface area (TPSA) is 38.0 Å². The molecular weight excluding hydrogens is 200 g/mol. The Morgan fingerprint density at radius 1 is 1.31 bits per heavy atom. The monoisotopic (exact) mass is 224 g/mol. The predicted octanol–water partition coefficient (Wildman–Crippen LogP) is 2.80. The van der Waals surface area contributed by atoms with E-state index in [1.807, 2.05) is 16.9 Å². The Balaban J connectivity index is 2.58. The lowest BCUT2D eigenvalue weighted by atomic mass is 9.98. The van der Waals surface area contributed by atoms with E-state index in [1.165, 1.54) is 0 Å². The summed E-state index contributed by atoms with van der Waals surface area (Å²) >= 11 is 0. The van der Waals surface area contributed by atoms with Gasteiger partial charge in [0.05, 0.1) is 11.8 Å². The molecule has 1 rings (SSSR count). The fraction of sp³-hybridized carbons (Fsp3) is 0.769. The average molecular weight is 224 g/mol. The Morgan fingerprint density at radius 3 is 2.56 bits per heavy atom. The molecule has 16 heavy (non-hydrogen) atoms. The van der Waals surface area contributed by atoms with Crippen LogP contribution in [0.1, 0.15) is 52.3 Å². The van der Waals surface area contributed by atoms with Crippen molar-refractivity contribution in [2.24, 2.45) is 5.92 Å². The van der Waals surface area contributed by atoms with Crippen LogP contribution in [0.3, 0.4) is 0 Å². The zero-order valence-electron chi connectivity index (χ0n) is 10.8. The molecule has 1 N–H and O–H groups in total. The molecule has 0 fully saturated rings. The lowest BCUT2D eigenvalue weighted by molar-refractivity contribution is 0.113. The van der Waals surface area contributed by atoms with Gasteiger partial charge in [-0.05, 0) is 25.3 Å². The summed E-state index contributed by atoms with van der Waals surface area (Å²) in [5, 5.41) is 14.4. The molecule has 1 aromatic heterocycles. The zero-order chi connectivity index (χ0) is 12.1. The molecule has 3 nitrogen and oxygen atoms in total. The Hall–Kier alpha value is -0.830. The molecule has 0 saturated heterocycles. The summed E-state index contributed by atoms with van der Waals surface area (Å²) in [7, 11) is 0. The summed E-state index contributed by atoms with van der Waals surface area (Å²) in [6.45, 7) is 8.49. The van der Waals surface area contributed by atoms with Gasteiger partial charge in [-0.25, -0.2) is 0 Å². The second-order valence-electron chi connectivity index (χ2n) is 4.70. The zero-order valence-corrected chi connectivity index (χ0v) is 10.8. The van der Waals surface area contributed by atoms with E-state index in [2.05, 4.69) is 32.8 Å². The number of nitrogens with zero attached hydrogens (tertiary/aromatic N) is 2. The van der Waals surface area contributed by atoms with Gasteiger partial charge in [0.1, 0.15) is 0 Å². The first-order valence-corrected chi connectivity index (χ1v) is 6.30. The van der Waals surface area contributed by atoms with Gasteiger partial charge in [0, 0.05) is 18.7 Å². The first-order valence-electron chi connectivity index (χ1n) is 6.30. The van der Waals surface area contributed by atoms with E-state index in [-0.39, 0.29) is 6.10 Å². The van der Waals surface area contributed by atoms with Gasteiger partial charge < -0.3 is 5.11 Å². The number of hydrogen-bond acceptors (Lipinski definition) is 2. The van der Waals surface area contributed by atoms with Crippen LogP contribution in [0, 0.1) is 5.92 Å². The van der Waals surface area contributed by atoms with Crippen molar-refractivity contribution in [2.45, 2.75) is 59.1 Å². The van der Waals surface area contributed by atoms with Crippen LogP contribution >= 0.6 is 0 Å². The fourth-order valence-corrected chi connectivity index (χ4v) is 1.61. The van der Waals surface area contributed by atoms with Gasteiger partial charge in [-0.3, -0.25) is 4.68 Å². The molecule has 92 valence electrons. The van der Waals surface area contributed by atoms with Gasteiger partial charge in [-0.15, -0.1) is 0 Å². The van der Waals surface area contributed by atoms with E-state index in [0.29, 0.717) is 18.4 Å². The summed E-state index contributed by atoms with van der Waals surface area (Å²) in [5.41, 5.74) is 0.994. The molecule has 0 aliphatic carbocycles. The molecule has 0 aliphatic rings. The molecule has 0 saturated carbocycles. The first-order chi connectivity index (χ1) is 7.58. The minimum absolute atomic E-state index is 0.273. The normalized spacial score (nSPS) is 17.1. The van der Waals surface area contributed by atoms with Crippen molar-refractivity contribution in [3.63, 3.8) is 0 Å². The maximum atomic E-state index is 9.93. The maximum absolute atomic E-state index is 9.93. The van der Waals surface area contributed by atoms with E-state index in [0.717, 1.165) is 18.5 Å². The van der Waals surface area contributed by atoms with Gasteiger partial charge in [0.15, 0.2) is 0 Å². The summed E-state index contributed by atoms with van der Waals surface area (Å²) in [6.07, 6.45) is 4.48. The van der Waals surface area contributed by atoms with E-state index in [9.17, 15) is 5.11 Å². The largest absolute Gasteiger partial charge is 0.392 e. The number of aliphatic hydroxyl groups is 1. The highest BCUT2D eigenvalue weighted by Crippen LogP contribution is 2.14.